The summed E-state index contributed by atoms with van der Waals surface area (Å²) in [7, 11) is 0. The lowest BCUT2D eigenvalue weighted by Gasteiger charge is -2.18. The van der Waals surface area contributed by atoms with E-state index in [1.807, 2.05) is 37.3 Å². The monoisotopic (exact) mass is 233 g/mol. The summed E-state index contributed by atoms with van der Waals surface area (Å²) in [6, 6.07) is 10.2. The summed E-state index contributed by atoms with van der Waals surface area (Å²) in [5.74, 6) is -0.285. The fourth-order valence-electron chi connectivity index (χ4n) is 1.87. The summed E-state index contributed by atoms with van der Waals surface area (Å²) in [6.07, 6.45) is 1.91. The number of aliphatic hydroxyl groups excluding tert-OH is 1. The maximum absolute atomic E-state index is 11.7. The summed E-state index contributed by atoms with van der Waals surface area (Å²) < 4.78 is 0. The summed E-state index contributed by atoms with van der Waals surface area (Å²) >= 11 is 0. The van der Waals surface area contributed by atoms with Gasteiger partial charge in [0, 0.05) is 6.04 Å². The van der Waals surface area contributed by atoms with Crippen molar-refractivity contribution in [3.05, 3.63) is 35.9 Å². The highest BCUT2D eigenvalue weighted by Gasteiger charge is 2.29. The fourth-order valence-corrected chi connectivity index (χ4v) is 1.87. The summed E-state index contributed by atoms with van der Waals surface area (Å²) in [5.41, 5.74) is 1.15. The van der Waals surface area contributed by atoms with Crippen molar-refractivity contribution in [2.45, 2.75) is 38.3 Å². The van der Waals surface area contributed by atoms with Crippen LogP contribution in [0.3, 0.4) is 0 Å². The van der Waals surface area contributed by atoms with Crippen LogP contribution in [-0.4, -0.2) is 23.2 Å². The van der Waals surface area contributed by atoms with Crippen molar-refractivity contribution >= 4 is 5.91 Å². The molecule has 0 bridgehead atoms. The molecule has 0 saturated heterocycles. The minimum absolute atomic E-state index is 0.0591. The molecule has 1 saturated carbocycles. The van der Waals surface area contributed by atoms with Crippen molar-refractivity contribution in [2.24, 2.45) is 5.92 Å². The van der Waals surface area contributed by atoms with E-state index >= 15 is 0 Å². The van der Waals surface area contributed by atoms with E-state index < -0.39 is 6.10 Å². The predicted molar refractivity (Wildman–Crippen MR) is 66.5 cm³/mol. The van der Waals surface area contributed by atoms with Crippen LogP contribution in [0.15, 0.2) is 30.3 Å². The summed E-state index contributed by atoms with van der Waals surface area (Å²) in [5, 5.41) is 12.7. The zero-order valence-corrected chi connectivity index (χ0v) is 10.1. The minimum atomic E-state index is -0.907. The van der Waals surface area contributed by atoms with Crippen LogP contribution in [0.2, 0.25) is 0 Å². The number of aliphatic hydroxyl groups is 1. The van der Waals surface area contributed by atoms with E-state index in [9.17, 15) is 9.90 Å². The SMILES string of the molecule is C[C@@H](Cc1ccccc1)C(O)C(=O)NC1CC1. The van der Waals surface area contributed by atoms with Gasteiger partial charge in [0.25, 0.3) is 0 Å². The van der Waals surface area contributed by atoms with Crippen molar-refractivity contribution in [3.63, 3.8) is 0 Å². The Bertz CT molecular complexity index is 373. The lowest BCUT2D eigenvalue weighted by molar-refractivity contribution is -0.131. The van der Waals surface area contributed by atoms with E-state index in [0.717, 1.165) is 24.8 Å². The highest BCUT2D eigenvalue weighted by molar-refractivity contribution is 5.81. The predicted octanol–water partition coefficient (Wildman–Crippen LogP) is 1.50. The van der Waals surface area contributed by atoms with Gasteiger partial charge in [0.2, 0.25) is 5.91 Å². The largest absolute Gasteiger partial charge is 0.383 e. The number of rotatable bonds is 5. The van der Waals surface area contributed by atoms with Crippen molar-refractivity contribution in [2.75, 3.05) is 0 Å². The lowest BCUT2D eigenvalue weighted by atomic mass is 9.95. The molecule has 17 heavy (non-hydrogen) atoms. The van der Waals surface area contributed by atoms with Gasteiger partial charge in [-0.25, -0.2) is 0 Å². The third-order valence-corrected chi connectivity index (χ3v) is 3.13. The van der Waals surface area contributed by atoms with Crippen LogP contribution in [0.25, 0.3) is 0 Å². The van der Waals surface area contributed by atoms with Gasteiger partial charge in [0.1, 0.15) is 6.10 Å². The normalized spacial score (nSPS) is 18.5. The first kappa shape index (κ1) is 12.1. The van der Waals surface area contributed by atoms with E-state index in [-0.39, 0.29) is 11.8 Å². The molecule has 1 fully saturated rings. The van der Waals surface area contributed by atoms with Gasteiger partial charge >= 0.3 is 0 Å². The Morgan fingerprint density at radius 2 is 2.06 bits per heavy atom. The molecule has 0 heterocycles. The average molecular weight is 233 g/mol. The quantitative estimate of drug-likeness (QED) is 0.810. The van der Waals surface area contributed by atoms with Gasteiger partial charge in [-0.05, 0) is 30.7 Å². The molecule has 2 N–H and O–H groups in total. The zero-order chi connectivity index (χ0) is 12.3. The Hall–Kier alpha value is -1.35. The highest BCUT2D eigenvalue weighted by atomic mass is 16.3. The molecule has 1 aromatic carbocycles. The molecular formula is C14H19NO2. The molecule has 1 aliphatic carbocycles. The molecule has 1 aromatic rings. The number of carbonyl (C=O) groups excluding carboxylic acids is 1. The summed E-state index contributed by atoms with van der Waals surface area (Å²) in [4.78, 5) is 11.7. The molecule has 1 amide bonds. The molecular weight excluding hydrogens is 214 g/mol. The van der Waals surface area contributed by atoms with E-state index in [4.69, 9.17) is 0 Å². The zero-order valence-electron chi connectivity index (χ0n) is 10.1. The molecule has 0 radical (unpaired) electrons. The van der Waals surface area contributed by atoms with Gasteiger partial charge in [0.05, 0.1) is 0 Å². The third-order valence-electron chi connectivity index (χ3n) is 3.13. The second kappa shape index (κ2) is 5.32. The first-order valence-electron chi connectivity index (χ1n) is 6.19. The fraction of sp³-hybridized carbons (Fsp3) is 0.500. The van der Waals surface area contributed by atoms with Crippen molar-refractivity contribution < 1.29 is 9.90 Å². The Morgan fingerprint density at radius 3 is 2.65 bits per heavy atom. The van der Waals surface area contributed by atoms with Crippen LogP contribution >= 0.6 is 0 Å². The number of hydrogen-bond acceptors (Lipinski definition) is 2. The lowest BCUT2D eigenvalue weighted by Crippen LogP contribution is -2.40. The standard InChI is InChI=1S/C14H19NO2/c1-10(9-11-5-3-2-4-6-11)13(16)14(17)15-12-7-8-12/h2-6,10,12-13,16H,7-9H2,1H3,(H,15,17)/t10-,13?/m0/s1. The van der Waals surface area contributed by atoms with Gasteiger partial charge in [-0.2, -0.15) is 0 Å². The van der Waals surface area contributed by atoms with E-state index in [0.29, 0.717) is 6.04 Å². The van der Waals surface area contributed by atoms with E-state index in [2.05, 4.69) is 5.32 Å². The molecule has 2 atom stereocenters. The van der Waals surface area contributed by atoms with Crippen LogP contribution < -0.4 is 5.32 Å². The van der Waals surface area contributed by atoms with Crippen molar-refractivity contribution in [1.29, 1.82) is 0 Å². The second-order valence-electron chi connectivity index (χ2n) is 4.89. The van der Waals surface area contributed by atoms with E-state index in [1.54, 1.807) is 0 Å². The van der Waals surface area contributed by atoms with E-state index in [1.165, 1.54) is 0 Å². The van der Waals surface area contributed by atoms with Crippen molar-refractivity contribution in [1.82, 2.24) is 5.32 Å². The minimum Gasteiger partial charge on any atom is -0.383 e. The number of carbonyl (C=O) groups is 1. The average Bonchev–Trinajstić information content (AvgIpc) is 3.13. The summed E-state index contributed by atoms with van der Waals surface area (Å²) in [6.45, 7) is 1.91. The molecule has 2 rings (SSSR count). The van der Waals surface area contributed by atoms with Gasteiger partial charge in [0.15, 0.2) is 0 Å². The van der Waals surface area contributed by atoms with Crippen LogP contribution in [-0.2, 0) is 11.2 Å². The van der Waals surface area contributed by atoms with Crippen molar-refractivity contribution in [3.8, 4) is 0 Å². The van der Waals surface area contributed by atoms with Gasteiger partial charge in [-0.3, -0.25) is 4.79 Å². The molecule has 0 aromatic heterocycles. The first-order chi connectivity index (χ1) is 8.16. The van der Waals surface area contributed by atoms with Gasteiger partial charge in [-0.15, -0.1) is 0 Å². The Labute approximate surface area is 102 Å². The maximum atomic E-state index is 11.7. The van der Waals surface area contributed by atoms with Gasteiger partial charge < -0.3 is 10.4 Å². The molecule has 1 aliphatic rings. The van der Waals surface area contributed by atoms with Crippen LogP contribution in [0.1, 0.15) is 25.3 Å². The molecule has 0 aliphatic heterocycles. The third kappa shape index (κ3) is 3.56. The second-order valence-corrected chi connectivity index (χ2v) is 4.89. The molecule has 92 valence electrons. The number of amides is 1. The highest BCUT2D eigenvalue weighted by Crippen LogP contribution is 2.20. The topological polar surface area (TPSA) is 49.3 Å². The molecule has 0 spiro atoms. The number of nitrogens with one attached hydrogen (secondary N) is 1. The first-order valence-corrected chi connectivity index (χ1v) is 6.19. The Kier molecular flexibility index (Phi) is 3.79. The molecule has 3 heteroatoms. The molecule has 1 unspecified atom stereocenters. The van der Waals surface area contributed by atoms with Crippen LogP contribution in [0.5, 0.6) is 0 Å². The number of benzene rings is 1. The van der Waals surface area contributed by atoms with Crippen LogP contribution in [0.4, 0.5) is 0 Å². The molecule has 3 nitrogen and oxygen atoms in total. The Morgan fingerprint density at radius 1 is 1.41 bits per heavy atom. The smallest absolute Gasteiger partial charge is 0.249 e. The maximum Gasteiger partial charge on any atom is 0.249 e. The van der Waals surface area contributed by atoms with Crippen LogP contribution in [0, 0.1) is 5.92 Å². The van der Waals surface area contributed by atoms with Gasteiger partial charge in [-0.1, -0.05) is 37.3 Å². The number of hydrogen-bond donors (Lipinski definition) is 2. The Balaban J connectivity index is 1.85.